The summed E-state index contributed by atoms with van der Waals surface area (Å²) in [5.41, 5.74) is 0.109. The highest BCUT2D eigenvalue weighted by atomic mass is 35.5. The van der Waals surface area contributed by atoms with Gasteiger partial charge in [0.15, 0.2) is 0 Å². The van der Waals surface area contributed by atoms with E-state index < -0.39 is 11.8 Å². The van der Waals surface area contributed by atoms with Gasteiger partial charge >= 0.3 is 5.97 Å². The second-order valence-electron chi connectivity index (χ2n) is 3.39. The maximum Gasteiger partial charge on any atom is 0.341 e. The molecule has 0 bridgehead atoms. The number of rotatable bonds is 2. The summed E-state index contributed by atoms with van der Waals surface area (Å²) in [6.07, 6.45) is 0. The number of aromatic nitrogens is 1. The Morgan fingerprint density at radius 3 is 2.88 bits per heavy atom. The van der Waals surface area contributed by atoms with E-state index >= 15 is 0 Å². The summed E-state index contributed by atoms with van der Waals surface area (Å²) < 4.78 is 17.9. The van der Waals surface area contributed by atoms with E-state index in [1.807, 2.05) is 0 Å². The van der Waals surface area contributed by atoms with E-state index in [4.69, 9.17) is 21.2 Å². The third-order valence-corrected chi connectivity index (χ3v) is 2.59. The average Bonchev–Trinajstić information content (AvgIpc) is 2.64. The highest BCUT2D eigenvalue weighted by molar-refractivity contribution is 6.33. The lowest BCUT2D eigenvalue weighted by molar-refractivity contribution is 0.0696. The topological polar surface area (TPSA) is 63.3 Å². The number of benzene rings is 1. The van der Waals surface area contributed by atoms with Crippen molar-refractivity contribution in [3.63, 3.8) is 0 Å². The molecule has 0 aliphatic rings. The first-order valence-electron chi connectivity index (χ1n) is 4.65. The summed E-state index contributed by atoms with van der Waals surface area (Å²) in [5.74, 6) is -1.58. The van der Waals surface area contributed by atoms with Gasteiger partial charge in [-0.1, -0.05) is 16.8 Å². The molecule has 0 atom stereocenters. The molecule has 6 heteroatoms. The van der Waals surface area contributed by atoms with E-state index in [2.05, 4.69) is 5.16 Å². The van der Waals surface area contributed by atoms with Crippen molar-refractivity contribution in [3.8, 4) is 11.3 Å². The van der Waals surface area contributed by atoms with Crippen molar-refractivity contribution in [2.75, 3.05) is 0 Å². The Kier molecular flexibility index (Phi) is 2.85. The molecule has 0 radical (unpaired) electrons. The van der Waals surface area contributed by atoms with Crippen LogP contribution in [-0.4, -0.2) is 16.2 Å². The zero-order chi connectivity index (χ0) is 12.6. The highest BCUT2D eigenvalue weighted by Crippen LogP contribution is 2.31. The van der Waals surface area contributed by atoms with Gasteiger partial charge in [-0.05, 0) is 25.1 Å². The Labute approximate surface area is 101 Å². The van der Waals surface area contributed by atoms with Crippen LogP contribution in [0.15, 0.2) is 22.7 Å². The first-order valence-corrected chi connectivity index (χ1v) is 5.03. The van der Waals surface area contributed by atoms with E-state index in [-0.39, 0.29) is 27.6 Å². The zero-order valence-electron chi connectivity index (χ0n) is 8.70. The molecule has 2 rings (SSSR count). The largest absolute Gasteiger partial charge is 0.477 e. The van der Waals surface area contributed by atoms with E-state index in [1.54, 1.807) is 0 Å². The van der Waals surface area contributed by atoms with Gasteiger partial charge in [0.1, 0.15) is 22.8 Å². The molecule has 0 saturated carbocycles. The number of aryl methyl sites for hydroxylation is 1. The molecular weight excluding hydrogens is 249 g/mol. The first kappa shape index (κ1) is 11.6. The molecule has 4 nitrogen and oxygen atoms in total. The van der Waals surface area contributed by atoms with Crippen molar-refractivity contribution in [3.05, 3.63) is 40.4 Å². The molecule has 1 heterocycles. The number of halogens is 2. The number of carbonyl (C=O) groups is 1. The molecule has 2 aromatic rings. The van der Waals surface area contributed by atoms with Crippen LogP contribution in [0, 0.1) is 12.7 Å². The van der Waals surface area contributed by atoms with E-state index in [1.165, 1.54) is 19.1 Å². The maximum absolute atomic E-state index is 13.1. The minimum absolute atomic E-state index is 0.0273. The summed E-state index contributed by atoms with van der Waals surface area (Å²) in [4.78, 5) is 11.0. The van der Waals surface area contributed by atoms with Gasteiger partial charge < -0.3 is 9.63 Å². The molecule has 0 unspecified atom stereocenters. The van der Waals surface area contributed by atoms with Crippen LogP contribution in [0.3, 0.4) is 0 Å². The fraction of sp³-hybridized carbons (Fsp3) is 0.0909. The van der Waals surface area contributed by atoms with Crippen molar-refractivity contribution in [2.45, 2.75) is 6.92 Å². The van der Waals surface area contributed by atoms with Crippen LogP contribution in [-0.2, 0) is 0 Å². The standard InChI is InChI=1S/C11H7ClFNO3/c1-5-9(11(15)16)10(14-17-5)7-4-6(13)2-3-8(7)12/h2-4H,1H3,(H,15,16). The quantitative estimate of drug-likeness (QED) is 0.895. The molecular formula is C11H7ClFNO3. The molecule has 0 spiro atoms. The normalized spacial score (nSPS) is 10.5. The lowest BCUT2D eigenvalue weighted by Gasteiger charge is -2.01. The maximum atomic E-state index is 13.1. The number of aromatic carboxylic acids is 1. The highest BCUT2D eigenvalue weighted by Gasteiger charge is 2.22. The molecule has 0 aliphatic heterocycles. The van der Waals surface area contributed by atoms with Gasteiger partial charge in [-0.3, -0.25) is 0 Å². The van der Waals surface area contributed by atoms with Crippen molar-refractivity contribution >= 4 is 17.6 Å². The number of carboxylic acid groups (broad SMARTS) is 1. The predicted octanol–water partition coefficient (Wildman–Crippen LogP) is 3.14. The fourth-order valence-corrected chi connectivity index (χ4v) is 1.69. The molecule has 0 aliphatic carbocycles. The van der Waals surface area contributed by atoms with Crippen LogP contribution in [0.4, 0.5) is 4.39 Å². The number of hydrogen-bond donors (Lipinski definition) is 1. The van der Waals surface area contributed by atoms with Crippen molar-refractivity contribution in [1.82, 2.24) is 5.16 Å². The molecule has 88 valence electrons. The summed E-state index contributed by atoms with van der Waals surface area (Å²) in [5, 5.41) is 12.8. The van der Waals surface area contributed by atoms with E-state index in [0.717, 1.165) is 6.07 Å². The molecule has 1 N–H and O–H groups in total. The van der Waals surface area contributed by atoms with Crippen molar-refractivity contribution in [2.24, 2.45) is 0 Å². The molecule has 1 aromatic carbocycles. The van der Waals surface area contributed by atoms with Gasteiger partial charge in [0.2, 0.25) is 0 Å². The summed E-state index contributed by atoms with van der Waals surface area (Å²) in [6, 6.07) is 3.63. The fourth-order valence-electron chi connectivity index (χ4n) is 1.49. The lowest BCUT2D eigenvalue weighted by Crippen LogP contribution is -1.99. The Bertz CT molecular complexity index is 594. The van der Waals surface area contributed by atoms with Gasteiger partial charge in [-0.2, -0.15) is 0 Å². The van der Waals surface area contributed by atoms with Gasteiger partial charge in [0.05, 0.1) is 5.02 Å². The number of hydrogen-bond acceptors (Lipinski definition) is 3. The smallest absolute Gasteiger partial charge is 0.341 e. The summed E-state index contributed by atoms with van der Waals surface area (Å²) in [7, 11) is 0. The SMILES string of the molecule is Cc1onc(-c2cc(F)ccc2Cl)c1C(=O)O. The third-order valence-electron chi connectivity index (χ3n) is 2.26. The van der Waals surface area contributed by atoms with Crippen molar-refractivity contribution in [1.29, 1.82) is 0 Å². The van der Waals surface area contributed by atoms with Gasteiger partial charge in [-0.15, -0.1) is 0 Å². The van der Waals surface area contributed by atoms with Crippen LogP contribution in [0.5, 0.6) is 0 Å². The Morgan fingerprint density at radius 2 is 2.24 bits per heavy atom. The monoisotopic (exact) mass is 255 g/mol. The third kappa shape index (κ3) is 2.01. The summed E-state index contributed by atoms with van der Waals surface area (Å²) in [6.45, 7) is 1.47. The van der Waals surface area contributed by atoms with Crippen LogP contribution < -0.4 is 0 Å². The van der Waals surface area contributed by atoms with E-state index in [0.29, 0.717) is 0 Å². The van der Waals surface area contributed by atoms with Crippen molar-refractivity contribution < 1.29 is 18.8 Å². The predicted molar refractivity (Wildman–Crippen MR) is 58.6 cm³/mol. The Balaban J connectivity index is 2.68. The van der Waals surface area contributed by atoms with Gasteiger partial charge in [0.25, 0.3) is 0 Å². The van der Waals surface area contributed by atoms with Gasteiger partial charge in [0, 0.05) is 5.56 Å². The number of nitrogens with zero attached hydrogens (tertiary/aromatic N) is 1. The second-order valence-corrected chi connectivity index (χ2v) is 3.80. The molecule has 0 saturated heterocycles. The van der Waals surface area contributed by atoms with Gasteiger partial charge in [-0.25, -0.2) is 9.18 Å². The van der Waals surface area contributed by atoms with Crippen LogP contribution in [0.25, 0.3) is 11.3 Å². The first-order chi connectivity index (χ1) is 8.00. The zero-order valence-corrected chi connectivity index (χ0v) is 9.45. The molecule has 0 amide bonds. The molecule has 17 heavy (non-hydrogen) atoms. The van der Waals surface area contributed by atoms with E-state index in [9.17, 15) is 9.18 Å². The molecule has 0 fully saturated rings. The summed E-state index contributed by atoms with van der Waals surface area (Å²) >= 11 is 5.88. The number of carboxylic acids is 1. The average molecular weight is 256 g/mol. The minimum Gasteiger partial charge on any atom is -0.477 e. The second kappa shape index (κ2) is 4.18. The Morgan fingerprint density at radius 1 is 1.53 bits per heavy atom. The Hall–Kier alpha value is -1.88. The minimum atomic E-state index is -1.20. The van der Waals surface area contributed by atoms with Crippen LogP contribution in [0.1, 0.15) is 16.1 Å². The van der Waals surface area contributed by atoms with Crippen LogP contribution >= 0.6 is 11.6 Å². The molecule has 1 aromatic heterocycles. The lowest BCUT2D eigenvalue weighted by atomic mass is 10.1. The van der Waals surface area contributed by atoms with Crippen LogP contribution in [0.2, 0.25) is 5.02 Å².